The second-order valence-electron chi connectivity index (χ2n) is 13.0. The van der Waals surface area contributed by atoms with Crippen molar-refractivity contribution in [3.05, 3.63) is 11.6 Å². The molecule has 3 unspecified atom stereocenters. The molecular weight excluding hydrogens is 534 g/mol. The molecule has 3 heterocycles. The number of anilines is 1. The summed E-state index contributed by atoms with van der Waals surface area (Å²) in [5.74, 6) is 0.902. The van der Waals surface area contributed by atoms with Crippen LogP contribution in [0.1, 0.15) is 77.9 Å². The number of halogens is 1. The second kappa shape index (κ2) is 8.97. The van der Waals surface area contributed by atoms with E-state index in [0.29, 0.717) is 46.6 Å². The SMILES string of the molecule is C[C@]12CC3CC(Nc4nc(Cl)nc5c4ncn5[C@@H]4O[C@H](CCCCS(=O)(=O)O)C(O)[C@@H]4O)(C1)C[C@@](C)(C3)C2. The minimum absolute atomic E-state index is 0.0544. The molecule has 4 aliphatic carbocycles. The van der Waals surface area contributed by atoms with Crippen LogP contribution in [-0.2, 0) is 14.9 Å². The number of hydrogen-bond acceptors (Lipinski definition) is 9. The molecule has 0 spiro atoms. The van der Waals surface area contributed by atoms with E-state index in [1.165, 1.54) is 25.6 Å². The zero-order chi connectivity index (χ0) is 27.1. The van der Waals surface area contributed by atoms with E-state index >= 15 is 0 Å². The third-order valence-electron chi connectivity index (χ3n) is 9.16. The van der Waals surface area contributed by atoms with Gasteiger partial charge in [0.05, 0.1) is 18.2 Å². The van der Waals surface area contributed by atoms with Crippen LogP contribution < -0.4 is 5.32 Å². The van der Waals surface area contributed by atoms with Crippen molar-refractivity contribution >= 4 is 38.7 Å². The maximum absolute atomic E-state index is 11.0. The van der Waals surface area contributed by atoms with Crippen molar-refractivity contribution in [1.29, 1.82) is 0 Å². The Morgan fingerprint density at radius 3 is 2.47 bits per heavy atom. The Balaban J connectivity index is 1.24. The zero-order valence-corrected chi connectivity index (χ0v) is 23.2. The molecule has 4 bridgehead atoms. The Morgan fingerprint density at radius 1 is 1.11 bits per heavy atom. The average Bonchev–Trinajstić information content (AvgIpc) is 3.29. The number of imidazole rings is 1. The largest absolute Gasteiger partial charge is 0.388 e. The van der Waals surface area contributed by atoms with Crippen molar-refractivity contribution in [1.82, 2.24) is 19.5 Å². The summed E-state index contributed by atoms with van der Waals surface area (Å²) in [7, 11) is -4.04. The van der Waals surface area contributed by atoms with Gasteiger partial charge in [-0.05, 0) is 86.1 Å². The van der Waals surface area contributed by atoms with Crippen molar-refractivity contribution in [2.45, 2.75) is 102 Å². The number of aromatic nitrogens is 4. The lowest BCUT2D eigenvalue weighted by Crippen LogP contribution is -2.61. The van der Waals surface area contributed by atoms with E-state index in [-0.39, 0.29) is 23.0 Å². The monoisotopic (exact) mass is 569 g/mol. The summed E-state index contributed by atoms with van der Waals surface area (Å²) in [5, 5.41) is 25.2. The maximum atomic E-state index is 11.0. The van der Waals surface area contributed by atoms with Gasteiger partial charge in [0.2, 0.25) is 5.28 Å². The summed E-state index contributed by atoms with van der Waals surface area (Å²) in [6.07, 6.45) is 5.43. The molecule has 210 valence electrons. The lowest BCUT2D eigenvalue weighted by Gasteiger charge is -2.65. The van der Waals surface area contributed by atoms with Gasteiger partial charge in [-0.1, -0.05) is 13.8 Å². The fourth-order valence-electron chi connectivity index (χ4n) is 8.83. The smallest absolute Gasteiger partial charge is 0.264 e. The van der Waals surface area contributed by atoms with E-state index in [9.17, 15) is 18.6 Å². The van der Waals surface area contributed by atoms with Crippen LogP contribution in [0.4, 0.5) is 5.82 Å². The van der Waals surface area contributed by atoms with Crippen LogP contribution >= 0.6 is 11.6 Å². The third kappa shape index (κ3) is 4.81. The molecule has 4 saturated carbocycles. The van der Waals surface area contributed by atoms with Gasteiger partial charge in [-0.15, -0.1) is 0 Å². The molecule has 1 saturated heterocycles. The van der Waals surface area contributed by atoms with E-state index in [2.05, 4.69) is 34.1 Å². The predicted molar refractivity (Wildman–Crippen MR) is 140 cm³/mol. The number of aliphatic hydroxyl groups excluding tert-OH is 2. The zero-order valence-electron chi connectivity index (χ0n) is 21.7. The molecule has 0 radical (unpaired) electrons. The summed E-state index contributed by atoms with van der Waals surface area (Å²) in [6.45, 7) is 4.82. The lowest BCUT2D eigenvalue weighted by molar-refractivity contribution is -0.0973. The molecule has 11 nitrogen and oxygen atoms in total. The highest BCUT2D eigenvalue weighted by molar-refractivity contribution is 7.85. The summed E-state index contributed by atoms with van der Waals surface area (Å²) >= 11 is 6.39. The van der Waals surface area contributed by atoms with Crippen LogP contribution in [0.15, 0.2) is 6.33 Å². The summed E-state index contributed by atoms with van der Waals surface area (Å²) in [4.78, 5) is 13.5. The molecule has 2 aromatic heterocycles. The van der Waals surface area contributed by atoms with Crippen molar-refractivity contribution in [2.75, 3.05) is 11.1 Å². The molecule has 0 amide bonds. The van der Waals surface area contributed by atoms with Crippen LogP contribution in [0.3, 0.4) is 0 Å². The van der Waals surface area contributed by atoms with Crippen LogP contribution in [0.2, 0.25) is 5.28 Å². The Labute approximate surface area is 227 Å². The fraction of sp³-hybridized carbons (Fsp3) is 0.800. The number of nitrogens with one attached hydrogen (secondary N) is 1. The van der Waals surface area contributed by atoms with Crippen molar-refractivity contribution in [2.24, 2.45) is 16.7 Å². The molecule has 5 aliphatic rings. The molecule has 38 heavy (non-hydrogen) atoms. The summed E-state index contributed by atoms with van der Waals surface area (Å²) in [5.41, 5.74) is 1.47. The highest BCUT2D eigenvalue weighted by atomic mass is 35.5. The Hall–Kier alpha value is -1.57. The number of hydrogen-bond donors (Lipinski definition) is 4. The second-order valence-corrected chi connectivity index (χ2v) is 14.9. The maximum Gasteiger partial charge on any atom is 0.264 e. The van der Waals surface area contributed by atoms with Crippen LogP contribution in [0.25, 0.3) is 11.2 Å². The Kier molecular flexibility index (Phi) is 6.29. The first-order chi connectivity index (χ1) is 17.8. The van der Waals surface area contributed by atoms with Gasteiger partial charge in [0, 0.05) is 5.54 Å². The molecule has 7 rings (SSSR count). The van der Waals surface area contributed by atoms with Gasteiger partial charge in [-0.25, -0.2) is 4.98 Å². The van der Waals surface area contributed by atoms with Gasteiger partial charge < -0.3 is 20.3 Å². The third-order valence-corrected chi connectivity index (χ3v) is 10.1. The van der Waals surface area contributed by atoms with Crippen molar-refractivity contribution < 1.29 is 27.9 Å². The average molecular weight is 570 g/mol. The van der Waals surface area contributed by atoms with E-state index in [1.807, 2.05) is 0 Å². The number of aliphatic hydroxyl groups is 2. The molecule has 8 atom stereocenters. The Bertz CT molecular complexity index is 1340. The van der Waals surface area contributed by atoms with Crippen LogP contribution in [0.5, 0.6) is 0 Å². The van der Waals surface area contributed by atoms with Crippen molar-refractivity contribution in [3.63, 3.8) is 0 Å². The van der Waals surface area contributed by atoms with E-state index < -0.39 is 34.7 Å². The van der Waals surface area contributed by atoms with Crippen LogP contribution in [0, 0.1) is 16.7 Å². The van der Waals surface area contributed by atoms with Crippen molar-refractivity contribution in [3.8, 4) is 0 Å². The highest BCUT2D eigenvalue weighted by Crippen LogP contribution is 2.67. The minimum atomic E-state index is -4.04. The molecule has 2 aromatic rings. The van der Waals surface area contributed by atoms with E-state index in [0.717, 1.165) is 19.3 Å². The topological polar surface area (TPSA) is 160 Å². The number of unbranched alkanes of at least 4 members (excludes halogenated alkanes) is 1. The first-order valence-corrected chi connectivity index (χ1v) is 15.4. The van der Waals surface area contributed by atoms with Gasteiger partial charge in [0.15, 0.2) is 23.2 Å². The molecular formula is C25H36ClN5O6S. The molecule has 4 N–H and O–H groups in total. The predicted octanol–water partition coefficient (Wildman–Crippen LogP) is 3.32. The van der Waals surface area contributed by atoms with E-state index in [4.69, 9.17) is 20.9 Å². The number of fused-ring (bicyclic) bond motifs is 1. The highest BCUT2D eigenvalue weighted by Gasteiger charge is 2.60. The molecule has 0 aromatic carbocycles. The van der Waals surface area contributed by atoms with Gasteiger partial charge in [0.1, 0.15) is 12.2 Å². The number of ether oxygens (including phenoxy) is 1. The lowest BCUT2D eigenvalue weighted by atomic mass is 9.43. The quantitative estimate of drug-likeness (QED) is 0.211. The van der Waals surface area contributed by atoms with Gasteiger partial charge in [-0.3, -0.25) is 9.12 Å². The summed E-state index contributed by atoms with van der Waals surface area (Å²) in [6, 6.07) is 0. The Morgan fingerprint density at radius 2 is 1.82 bits per heavy atom. The number of nitrogens with zero attached hydrogens (tertiary/aromatic N) is 4. The molecule has 1 aliphatic heterocycles. The first kappa shape index (κ1) is 26.6. The minimum Gasteiger partial charge on any atom is -0.388 e. The summed E-state index contributed by atoms with van der Waals surface area (Å²) < 4.78 is 38.4. The normalized spacial score (nSPS) is 40.3. The van der Waals surface area contributed by atoms with Crippen LogP contribution in [-0.4, -0.2) is 72.3 Å². The fourth-order valence-corrected chi connectivity index (χ4v) is 9.56. The molecule has 13 heteroatoms. The standard InChI is InChI=1S/C25H36ClN5O6S/c1-23-7-14-8-24(2,10-23)12-25(9-14,11-23)30-19-16-20(29-22(26)28-19)31(13-27-16)21-18(33)17(32)15(37-21)5-3-4-6-38(34,35)36/h13-15,17-18,21,32-33H,3-12H2,1-2H3,(H,28,29,30)(H,34,35,36)/t14?,15-,17?,18+,21-,23-,24+,25?/m1/s1. The molecule has 5 fully saturated rings. The van der Waals surface area contributed by atoms with Gasteiger partial charge >= 0.3 is 0 Å². The first-order valence-electron chi connectivity index (χ1n) is 13.4. The van der Waals surface area contributed by atoms with Gasteiger partial charge in [-0.2, -0.15) is 18.4 Å². The number of rotatable bonds is 8. The van der Waals surface area contributed by atoms with E-state index in [1.54, 1.807) is 4.57 Å². The van der Waals surface area contributed by atoms with Gasteiger partial charge in [0.25, 0.3) is 10.1 Å².